The summed E-state index contributed by atoms with van der Waals surface area (Å²) in [6.45, 7) is 2.62. The van der Waals surface area contributed by atoms with Crippen molar-refractivity contribution in [1.29, 1.82) is 0 Å². The Morgan fingerprint density at radius 2 is 2.47 bits per heavy atom. The first-order valence-corrected chi connectivity index (χ1v) is 6.49. The summed E-state index contributed by atoms with van der Waals surface area (Å²) in [7, 11) is 0. The largest absolute Gasteiger partial charge is 0.374 e. The van der Waals surface area contributed by atoms with E-state index in [4.69, 9.17) is 16.3 Å². The molecule has 2 fully saturated rings. The van der Waals surface area contributed by atoms with Crippen LogP contribution in [0.3, 0.4) is 0 Å². The Balaban J connectivity index is 1.89. The van der Waals surface area contributed by atoms with Crippen LogP contribution < -0.4 is 0 Å². The number of hydrogen-bond donors (Lipinski definition) is 0. The van der Waals surface area contributed by atoms with Gasteiger partial charge in [0, 0.05) is 6.54 Å². The molecule has 0 radical (unpaired) electrons. The topological polar surface area (TPSA) is 44.1 Å². The molecule has 3 rings (SSSR count). The average molecular weight is 255 g/mol. The molecule has 2 bridgehead atoms. The fourth-order valence-electron chi connectivity index (χ4n) is 2.94. The zero-order valence-electron chi connectivity index (χ0n) is 9.73. The summed E-state index contributed by atoms with van der Waals surface area (Å²) < 4.78 is 7.40. The van der Waals surface area contributed by atoms with E-state index in [0.29, 0.717) is 17.3 Å². The van der Waals surface area contributed by atoms with E-state index >= 15 is 0 Å². The minimum Gasteiger partial charge on any atom is -0.374 e. The predicted octanol–water partition coefficient (Wildman–Crippen LogP) is 2.31. The molecule has 1 aromatic heterocycles. The van der Waals surface area contributed by atoms with Crippen molar-refractivity contribution in [2.45, 2.75) is 44.9 Å². The van der Waals surface area contributed by atoms with Gasteiger partial charge in [-0.3, -0.25) is 9.48 Å². The molecule has 0 aliphatic carbocycles. The second-order valence-corrected chi connectivity index (χ2v) is 5.14. The lowest BCUT2D eigenvalue weighted by Gasteiger charge is -2.17. The number of carbonyl (C=O) groups is 1. The van der Waals surface area contributed by atoms with Crippen LogP contribution in [0.2, 0.25) is 5.02 Å². The van der Waals surface area contributed by atoms with E-state index in [1.807, 2.05) is 6.92 Å². The molecule has 3 atom stereocenters. The van der Waals surface area contributed by atoms with Crippen LogP contribution in [0.1, 0.15) is 36.7 Å². The summed E-state index contributed by atoms with van der Waals surface area (Å²) in [6, 6.07) is 0. The van der Waals surface area contributed by atoms with Crippen molar-refractivity contribution in [3.8, 4) is 0 Å². The molecule has 2 saturated heterocycles. The van der Waals surface area contributed by atoms with Crippen LogP contribution in [0.25, 0.3) is 0 Å². The molecule has 17 heavy (non-hydrogen) atoms. The molecule has 0 saturated carbocycles. The van der Waals surface area contributed by atoms with E-state index in [0.717, 1.165) is 19.3 Å². The number of nitrogens with zero attached hydrogens (tertiary/aromatic N) is 2. The van der Waals surface area contributed by atoms with E-state index in [2.05, 4.69) is 5.10 Å². The van der Waals surface area contributed by atoms with Crippen LogP contribution in [-0.4, -0.2) is 27.8 Å². The minimum atomic E-state index is -0.0201. The molecule has 2 aliphatic rings. The van der Waals surface area contributed by atoms with Crippen molar-refractivity contribution >= 4 is 17.4 Å². The molecule has 0 spiro atoms. The van der Waals surface area contributed by atoms with Crippen molar-refractivity contribution in [2.75, 3.05) is 0 Å². The van der Waals surface area contributed by atoms with Crippen molar-refractivity contribution in [1.82, 2.24) is 9.78 Å². The number of Topliss-reactive ketones (excluding diaryl/α,β-unsaturated/α-hetero) is 1. The van der Waals surface area contributed by atoms with Crippen LogP contribution in [0, 0.1) is 5.92 Å². The number of rotatable bonds is 3. The first-order chi connectivity index (χ1) is 8.20. The number of aromatic nitrogens is 2. The van der Waals surface area contributed by atoms with Crippen LogP contribution in [0.4, 0.5) is 0 Å². The van der Waals surface area contributed by atoms with Crippen molar-refractivity contribution in [2.24, 2.45) is 5.92 Å². The summed E-state index contributed by atoms with van der Waals surface area (Å²) in [5.74, 6) is 0.0785. The normalized spacial score (nSPS) is 31.1. The summed E-state index contributed by atoms with van der Waals surface area (Å²) in [5.41, 5.74) is 0.551. The Labute approximate surface area is 105 Å². The van der Waals surface area contributed by atoms with Gasteiger partial charge in [-0.2, -0.15) is 5.10 Å². The summed E-state index contributed by atoms with van der Waals surface area (Å²) in [5, 5.41) is 4.57. The fourth-order valence-corrected chi connectivity index (χ4v) is 3.17. The number of carbonyl (C=O) groups excluding carboxylic acids is 1. The monoisotopic (exact) mass is 254 g/mol. The average Bonchev–Trinajstić information content (AvgIpc) is 3.01. The Kier molecular flexibility index (Phi) is 2.71. The molecular weight excluding hydrogens is 240 g/mol. The number of hydrogen-bond acceptors (Lipinski definition) is 3. The van der Waals surface area contributed by atoms with Crippen LogP contribution in [0.15, 0.2) is 6.20 Å². The highest BCUT2D eigenvalue weighted by molar-refractivity contribution is 6.33. The van der Waals surface area contributed by atoms with Crippen molar-refractivity contribution in [3.05, 3.63) is 16.9 Å². The first-order valence-electron chi connectivity index (χ1n) is 6.11. The minimum absolute atomic E-state index is 0.0201. The van der Waals surface area contributed by atoms with Gasteiger partial charge >= 0.3 is 0 Å². The van der Waals surface area contributed by atoms with E-state index in [1.165, 1.54) is 0 Å². The highest BCUT2D eigenvalue weighted by Crippen LogP contribution is 2.40. The molecule has 0 amide bonds. The van der Waals surface area contributed by atoms with Gasteiger partial charge in [-0.15, -0.1) is 0 Å². The quantitative estimate of drug-likeness (QED) is 0.778. The standard InChI is InChI=1S/C12H15ClN2O2/c1-2-15-11(9(13)6-14-15)12(16)8-5-7-3-4-10(8)17-7/h6-8,10H,2-5H2,1H3. The summed E-state index contributed by atoms with van der Waals surface area (Å²) >= 11 is 6.05. The molecule has 0 N–H and O–H groups in total. The fraction of sp³-hybridized carbons (Fsp3) is 0.667. The third kappa shape index (κ3) is 1.70. The zero-order chi connectivity index (χ0) is 12.0. The van der Waals surface area contributed by atoms with E-state index in [-0.39, 0.29) is 23.9 Å². The van der Waals surface area contributed by atoms with Gasteiger partial charge < -0.3 is 4.74 Å². The van der Waals surface area contributed by atoms with Crippen LogP contribution in [-0.2, 0) is 11.3 Å². The number of fused-ring (bicyclic) bond motifs is 2. The highest BCUT2D eigenvalue weighted by Gasteiger charge is 2.45. The van der Waals surface area contributed by atoms with Gasteiger partial charge in [-0.1, -0.05) is 11.6 Å². The number of aryl methyl sites for hydroxylation is 1. The Hall–Kier alpha value is -0.870. The lowest BCUT2D eigenvalue weighted by molar-refractivity contribution is 0.0735. The molecule has 3 heterocycles. The van der Waals surface area contributed by atoms with Crippen molar-refractivity contribution in [3.63, 3.8) is 0 Å². The van der Waals surface area contributed by atoms with E-state index < -0.39 is 0 Å². The lowest BCUT2D eigenvalue weighted by atomic mass is 9.85. The summed E-state index contributed by atoms with van der Waals surface area (Å²) in [6.07, 6.45) is 4.87. The number of ketones is 1. The predicted molar refractivity (Wildman–Crippen MR) is 63.2 cm³/mol. The Morgan fingerprint density at radius 3 is 3.06 bits per heavy atom. The number of ether oxygens (including phenoxy) is 1. The van der Waals surface area contributed by atoms with Crippen LogP contribution in [0.5, 0.6) is 0 Å². The number of halogens is 1. The Morgan fingerprint density at radius 1 is 1.65 bits per heavy atom. The Bertz CT molecular complexity index is 457. The molecule has 3 unspecified atom stereocenters. The van der Waals surface area contributed by atoms with Gasteiger partial charge in [0.1, 0.15) is 5.69 Å². The molecule has 0 aromatic carbocycles. The molecule has 5 heteroatoms. The smallest absolute Gasteiger partial charge is 0.188 e. The molecule has 92 valence electrons. The second kappa shape index (κ2) is 4.10. The molecule has 4 nitrogen and oxygen atoms in total. The lowest BCUT2D eigenvalue weighted by Crippen LogP contribution is -2.27. The van der Waals surface area contributed by atoms with Gasteiger partial charge in [0.2, 0.25) is 0 Å². The van der Waals surface area contributed by atoms with Gasteiger partial charge in [0.05, 0.1) is 29.3 Å². The zero-order valence-corrected chi connectivity index (χ0v) is 10.5. The first kappa shape index (κ1) is 11.2. The van der Waals surface area contributed by atoms with Gasteiger partial charge in [-0.25, -0.2) is 0 Å². The maximum atomic E-state index is 12.5. The second-order valence-electron chi connectivity index (χ2n) is 4.74. The third-order valence-corrected chi connectivity index (χ3v) is 4.05. The molecule has 1 aromatic rings. The maximum absolute atomic E-state index is 12.5. The third-order valence-electron chi connectivity index (χ3n) is 3.77. The molecule has 2 aliphatic heterocycles. The SMILES string of the molecule is CCn1ncc(Cl)c1C(=O)C1CC2CCC1O2. The van der Waals surface area contributed by atoms with Crippen molar-refractivity contribution < 1.29 is 9.53 Å². The van der Waals surface area contributed by atoms with Gasteiger partial charge in [0.15, 0.2) is 5.78 Å². The van der Waals surface area contributed by atoms with E-state index in [9.17, 15) is 4.79 Å². The van der Waals surface area contributed by atoms with Gasteiger partial charge in [-0.05, 0) is 26.2 Å². The highest BCUT2D eigenvalue weighted by atomic mass is 35.5. The summed E-state index contributed by atoms with van der Waals surface area (Å²) in [4.78, 5) is 12.5. The van der Waals surface area contributed by atoms with E-state index in [1.54, 1.807) is 10.9 Å². The molecular formula is C12H15ClN2O2. The van der Waals surface area contributed by atoms with Crippen LogP contribution >= 0.6 is 11.6 Å². The maximum Gasteiger partial charge on any atom is 0.188 e. The van der Waals surface area contributed by atoms with Gasteiger partial charge in [0.25, 0.3) is 0 Å².